The zero-order valence-corrected chi connectivity index (χ0v) is 15.2. The highest BCUT2D eigenvalue weighted by Gasteiger charge is 2.26. The third kappa shape index (κ3) is 3.90. The van der Waals surface area contributed by atoms with Gasteiger partial charge in [0.15, 0.2) is 6.61 Å². The zero-order valence-electron chi connectivity index (χ0n) is 15.2. The quantitative estimate of drug-likeness (QED) is 0.329. The van der Waals surface area contributed by atoms with Crippen LogP contribution in [0.3, 0.4) is 0 Å². The topological polar surface area (TPSA) is 107 Å². The zero-order chi connectivity index (χ0) is 20.3. The number of esters is 1. The molecule has 8 nitrogen and oxygen atoms in total. The maximum absolute atomic E-state index is 12.5. The number of nitrogens with zero attached hydrogens (tertiary/aromatic N) is 2. The predicted molar refractivity (Wildman–Crippen MR) is 100 cm³/mol. The SMILES string of the molecule is Cc1ccc(C(=O)COC(=O)c2ccccc2N2CCCC2=O)cc1[N+](=O)[O-]. The van der Waals surface area contributed by atoms with Crippen molar-refractivity contribution in [3.05, 3.63) is 69.3 Å². The Morgan fingerprint density at radius 3 is 2.64 bits per heavy atom. The molecule has 3 rings (SSSR count). The molecule has 1 heterocycles. The Bertz CT molecular complexity index is 969. The fraction of sp³-hybridized carbons (Fsp3) is 0.250. The molecule has 2 aromatic carbocycles. The van der Waals surface area contributed by atoms with E-state index in [9.17, 15) is 24.5 Å². The van der Waals surface area contributed by atoms with Crippen molar-refractivity contribution in [2.45, 2.75) is 19.8 Å². The van der Waals surface area contributed by atoms with E-state index in [-0.39, 0.29) is 22.7 Å². The number of anilines is 1. The molecule has 0 N–H and O–H groups in total. The number of nitro groups is 1. The normalized spacial score (nSPS) is 13.5. The van der Waals surface area contributed by atoms with E-state index in [1.54, 1.807) is 25.1 Å². The van der Waals surface area contributed by atoms with Gasteiger partial charge in [-0.1, -0.05) is 24.3 Å². The van der Waals surface area contributed by atoms with Gasteiger partial charge in [0.2, 0.25) is 11.7 Å². The van der Waals surface area contributed by atoms with Crippen molar-refractivity contribution in [3.63, 3.8) is 0 Å². The molecule has 0 spiro atoms. The number of carbonyl (C=O) groups is 3. The smallest absolute Gasteiger partial charge is 0.340 e. The highest BCUT2D eigenvalue weighted by Crippen LogP contribution is 2.26. The fourth-order valence-corrected chi connectivity index (χ4v) is 3.06. The number of nitro benzene ring substituents is 1. The van der Waals surface area contributed by atoms with Crippen LogP contribution < -0.4 is 4.90 Å². The van der Waals surface area contributed by atoms with Crippen LogP contribution in [0.1, 0.15) is 39.1 Å². The van der Waals surface area contributed by atoms with Gasteiger partial charge in [-0.3, -0.25) is 19.7 Å². The van der Waals surface area contributed by atoms with E-state index in [2.05, 4.69) is 0 Å². The second kappa shape index (κ2) is 7.99. The lowest BCUT2D eigenvalue weighted by molar-refractivity contribution is -0.385. The number of carbonyl (C=O) groups excluding carboxylic acids is 3. The average Bonchev–Trinajstić information content (AvgIpc) is 3.11. The summed E-state index contributed by atoms with van der Waals surface area (Å²) < 4.78 is 5.11. The van der Waals surface area contributed by atoms with Crippen LogP contribution in [0.5, 0.6) is 0 Å². The van der Waals surface area contributed by atoms with E-state index in [0.717, 1.165) is 0 Å². The van der Waals surface area contributed by atoms with Crippen LogP contribution in [0.2, 0.25) is 0 Å². The van der Waals surface area contributed by atoms with Crippen LogP contribution in [0, 0.1) is 17.0 Å². The van der Waals surface area contributed by atoms with Crippen molar-refractivity contribution in [2.24, 2.45) is 0 Å². The Labute approximate surface area is 160 Å². The molecular formula is C20H18N2O6. The van der Waals surface area contributed by atoms with Crippen molar-refractivity contribution in [3.8, 4) is 0 Å². The summed E-state index contributed by atoms with van der Waals surface area (Å²) in [5.41, 5.74) is 1.000. The summed E-state index contributed by atoms with van der Waals surface area (Å²) in [5, 5.41) is 11.0. The Kier molecular flexibility index (Phi) is 5.49. The van der Waals surface area contributed by atoms with E-state index in [1.165, 1.54) is 29.2 Å². The van der Waals surface area contributed by atoms with Gasteiger partial charge >= 0.3 is 5.97 Å². The average molecular weight is 382 g/mol. The first-order valence-corrected chi connectivity index (χ1v) is 8.73. The fourth-order valence-electron chi connectivity index (χ4n) is 3.06. The minimum atomic E-state index is -0.731. The number of ether oxygens (including phenoxy) is 1. The summed E-state index contributed by atoms with van der Waals surface area (Å²) in [7, 11) is 0. The summed E-state index contributed by atoms with van der Waals surface area (Å²) in [4.78, 5) is 48.7. The summed E-state index contributed by atoms with van der Waals surface area (Å²) >= 11 is 0. The molecule has 0 atom stereocenters. The Hall–Kier alpha value is -3.55. The first-order valence-electron chi connectivity index (χ1n) is 8.73. The summed E-state index contributed by atoms with van der Waals surface area (Å²) in [6.07, 6.45) is 1.14. The molecule has 2 aromatic rings. The third-order valence-electron chi connectivity index (χ3n) is 4.55. The predicted octanol–water partition coefficient (Wildman–Crippen LogP) is 3.07. The van der Waals surface area contributed by atoms with E-state index in [0.29, 0.717) is 30.6 Å². The number of hydrogen-bond acceptors (Lipinski definition) is 6. The second-order valence-corrected chi connectivity index (χ2v) is 6.42. The third-order valence-corrected chi connectivity index (χ3v) is 4.55. The first kappa shape index (κ1) is 19.2. The van der Waals surface area contributed by atoms with Gasteiger partial charge in [-0.15, -0.1) is 0 Å². The van der Waals surface area contributed by atoms with Gasteiger partial charge in [0, 0.05) is 30.2 Å². The van der Waals surface area contributed by atoms with Crippen molar-refractivity contribution < 1.29 is 24.0 Å². The molecule has 0 unspecified atom stereocenters. The summed E-state index contributed by atoms with van der Waals surface area (Å²) in [6.45, 7) is 1.54. The maximum atomic E-state index is 12.5. The molecule has 1 aliphatic rings. The number of para-hydroxylation sites is 1. The highest BCUT2D eigenvalue weighted by molar-refractivity contribution is 6.05. The molecule has 144 valence electrons. The standard InChI is InChI=1S/C20H18N2O6/c1-13-8-9-14(11-17(13)22(26)27)18(23)12-28-20(25)15-5-2-3-6-16(15)21-10-4-7-19(21)24/h2-3,5-6,8-9,11H,4,7,10,12H2,1H3. The molecule has 1 amide bonds. The van der Waals surface area contributed by atoms with Gasteiger partial charge in [0.25, 0.3) is 5.69 Å². The lowest BCUT2D eigenvalue weighted by Crippen LogP contribution is -2.26. The van der Waals surface area contributed by atoms with Gasteiger partial charge in [0.1, 0.15) is 0 Å². The summed E-state index contributed by atoms with van der Waals surface area (Å²) in [5.74, 6) is -1.35. The maximum Gasteiger partial charge on any atom is 0.340 e. The lowest BCUT2D eigenvalue weighted by atomic mass is 10.1. The first-order chi connectivity index (χ1) is 13.4. The Morgan fingerprint density at radius 1 is 1.21 bits per heavy atom. The lowest BCUT2D eigenvalue weighted by Gasteiger charge is -2.18. The number of rotatable bonds is 6. The second-order valence-electron chi connectivity index (χ2n) is 6.42. The number of amides is 1. The Balaban J connectivity index is 1.73. The number of ketones is 1. The van der Waals surface area contributed by atoms with E-state index >= 15 is 0 Å². The molecule has 0 aliphatic carbocycles. The molecule has 0 bridgehead atoms. The molecule has 0 saturated carbocycles. The van der Waals surface area contributed by atoms with Crippen LogP contribution in [0.25, 0.3) is 0 Å². The number of Topliss-reactive ketones (excluding diaryl/α,β-unsaturated/α-hetero) is 1. The summed E-state index contributed by atoms with van der Waals surface area (Å²) in [6, 6.07) is 10.6. The molecule has 1 aliphatic heterocycles. The molecule has 1 fully saturated rings. The Morgan fingerprint density at radius 2 is 1.96 bits per heavy atom. The van der Waals surface area contributed by atoms with Crippen LogP contribution in [0.15, 0.2) is 42.5 Å². The van der Waals surface area contributed by atoms with Crippen molar-refractivity contribution >= 4 is 29.0 Å². The molecule has 0 aromatic heterocycles. The van der Waals surface area contributed by atoms with Crippen molar-refractivity contribution in [2.75, 3.05) is 18.1 Å². The monoisotopic (exact) mass is 382 g/mol. The van der Waals surface area contributed by atoms with Crippen LogP contribution >= 0.6 is 0 Å². The van der Waals surface area contributed by atoms with Crippen LogP contribution in [-0.4, -0.2) is 35.7 Å². The highest BCUT2D eigenvalue weighted by atomic mass is 16.6. The minimum Gasteiger partial charge on any atom is -0.454 e. The van der Waals surface area contributed by atoms with E-state index in [1.807, 2.05) is 0 Å². The van der Waals surface area contributed by atoms with Crippen LogP contribution in [0.4, 0.5) is 11.4 Å². The largest absolute Gasteiger partial charge is 0.454 e. The van der Waals surface area contributed by atoms with Gasteiger partial charge in [-0.2, -0.15) is 0 Å². The molecule has 1 saturated heterocycles. The molecule has 0 radical (unpaired) electrons. The molecule has 28 heavy (non-hydrogen) atoms. The van der Waals surface area contributed by atoms with Crippen molar-refractivity contribution in [1.29, 1.82) is 0 Å². The number of aryl methyl sites for hydroxylation is 1. The van der Waals surface area contributed by atoms with E-state index < -0.39 is 23.3 Å². The van der Waals surface area contributed by atoms with E-state index in [4.69, 9.17) is 4.74 Å². The van der Waals surface area contributed by atoms with Gasteiger partial charge in [0.05, 0.1) is 16.2 Å². The number of benzene rings is 2. The van der Waals surface area contributed by atoms with Crippen molar-refractivity contribution in [1.82, 2.24) is 0 Å². The van der Waals surface area contributed by atoms with Gasteiger partial charge in [-0.05, 0) is 25.5 Å². The molecular weight excluding hydrogens is 364 g/mol. The van der Waals surface area contributed by atoms with Gasteiger partial charge < -0.3 is 9.64 Å². The minimum absolute atomic E-state index is 0.0664. The molecule has 8 heteroatoms. The van der Waals surface area contributed by atoms with Gasteiger partial charge in [-0.25, -0.2) is 4.79 Å². The number of hydrogen-bond donors (Lipinski definition) is 0. The van der Waals surface area contributed by atoms with Crippen LogP contribution in [-0.2, 0) is 9.53 Å².